The van der Waals surface area contributed by atoms with Gasteiger partial charge in [0.15, 0.2) is 5.69 Å². The molecule has 0 radical (unpaired) electrons. The van der Waals surface area contributed by atoms with E-state index >= 15 is 0 Å². The number of carbonyl (C=O) groups is 2. The van der Waals surface area contributed by atoms with Crippen LogP contribution in [0.3, 0.4) is 0 Å². The van der Waals surface area contributed by atoms with Crippen molar-refractivity contribution in [2.45, 2.75) is 33.2 Å². The van der Waals surface area contributed by atoms with Crippen LogP contribution in [0.1, 0.15) is 42.2 Å². The van der Waals surface area contributed by atoms with Crippen molar-refractivity contribution in [3.63, 3.8) is 0 Å². The SMILES string of the molecule is Cc1ccc2c(c1)c(N=NC(=O)CCNC(=O)c1ccccc1Cl)c(O)n2C(C)C. The van der Waals surface area contributed by atoms with E-state index in [-0.39, 0.29) is 36.5 Å². The molecule has 1 heterocycles. The summed E-state index contributed by atoms with van der Waals surface area (Å²) in [6.07, 6.45) is -0.0255. The number of halogens is 1. The number of hydrogen-bond donors (Lipinski definition) is 2. The van der Waals surface area contributed by atoms with Crippen LogP contribution in [0.25, 0.3) is 10.9 Å². The summed E-state index contributed by atoms with van der Waals surface area (Å²) in [5, 5.41) is 22.1. The third-order valence-corrected chi connectivity index (χ3v) is 4.96. The number of amides is 2. The number of azo groups is 1. The van der Waals surface area contributed by atoms with Gasteiger partial charge in [-0.25, -0.2) is 0 Å². The number of nitrogens with zero attached hydrogens (tertiary/aromatic N) is 3. The molecule has 0 atom stereocenters. The van der Waals surface area contributed by atoms with Crippen LogP contribution in [0.15, 0.2) is 52.7 Å². The van der Waals surface area contributed by atoms with Gasteiger partial charge in [-0.05, 0) is 45.0 Å². The molecule has 0 bridgehead atoms. The number of aromatic hydroxyl groups is 1. The van der Waals surface area contributed by atoms with Crippen molar-refractivity contribution in [1.82, 2.24) is 9.88 Å². The van der Waals surface area contributed by atoms with Gasteiger partial charge in [-0.15, -0.1) is 10.2 Å². The molecular formula is C22H23ClN4O3. The number of nitrogens with one attached hydrogen (secondary N) is 1. The molecule has 30 heavy (non-hydrogen) atoms. The molecule has 0 aliphatic carbocycles. The highest BCUT2D eigenvalue weighted by atomic mass is 35.5. The van der Waals surface area contributed by atoms with Crippen molar-refractivity contribution in [1.29, 1.82) is 0 Å². The second-order valence-electron chi connectivity index (χ2n) is 7.24. The summed E-state index contributed by atoms with van der Waals surface area (Å²) in [5.41, 5.74) is 2.43. The van der Waals surface area contributed by atoms with Crippen LogP contribution in [-0.4, -0.2) is 28.0 Å². The minimum atomic E-state index is -0.507. The topological polar surface area (TPSA) is 96.1 Å². The first kappa shape index (κ1) is 21.5. The Kier molecular flexibility index (Phi) is 6.52. The Hall–Kier alpha value is -3.19. The van der Waals surface area contributed by atoms with Crippen LogP contribution < -0.4 is 5.32 Å². The van der Waals surface area contributed by atoms with Crippen LogP contribution in [-0.2, 0) is 4.79 Å². The van der Waals surface area contributed by atoms with E-state index in [0.29, 0.717) is 10.6 Å². The summed E-state index contributed by atoms with van der Waals surface area (Å²) in [6, 6.07) is 12.4. The van der Waals surface area contributed by atoms with Gasteiger partial charge >= 0.3 is 0 Å². The molecule has 0 aliphatic heterocycles. The maximum Gasteiger partial charge on any atom is 0.266 e. The minimum Gasteiger partial charge on any atom is -0.493 e. The molecule has 3 aromatic rings. The van der Waals surface area contributed by atoms with E-state index in [2.05, 4.69) is 15.5 Å². The largest absolute Gasteiger partial charge is 0.493 e. The highest BCUT2D eigenvalue weighted by Gasteiger charge is 2.19. The van der Waals surface area contributed by atoms with Gasteiger partial charge in [-0.2, -0.15) is 0 Å². The molecule has 2 aromatic carbocycles. The van der Waals surface area contributed by atoms with E-state index in [1.165, 1.54) is 0 Å². The molecule has 8 heteroatoms. The summed E-state index contributed by atoms with van der Waals surface area (Å²) >= 11 is 5.99. The lowest BCUT2D eigenvalue weighted by atomic mass is 10.1. The lowest BCUT2D eigenvalue weighted by molar-refractivity contribution is -0.118. The summed E-state index contributed by atoms with van der Waals surface area (Å²) in [6.45, 7) is 5.94. The maximum atomic E-state index is 12.1. The minimum absolute atomic E-state index is 0.00915. The molecule has 0 fully saturated rings. The lowest BCUT2D eigenvalue weighted by Gasteiger charge is -2.10. The van der Waals surface area contributed by atoms with Gasteiger partial charge in [0.1, 0.15) is 0 Å². The normalized spacial score (nSPS) is 11.5. The number of carbonyl (C=O) groups excluding carboxylic acids is 2. The number of aromatic nitrogens is 1. The summed E-state index contributed by atoms with van der Waals surface area (Å²) in [4.78, 5) is 24.2. The zero-order chi connectivity index (χ0) is 21.8. The van der Waals surface area contributed by atoms with Gasteiger partial charge in [0.25, 0.3) is 11.8 Å². The van der Waals surface area contributed by atoms with Crippen molar-refractivity contribution in [3.8, 4) is 5.88 Å². The van der Waals surface area contributed by atoms with Gasteiger partial charge < -0.3 is 15.0 Å². The first-order chi connectivity index (χ1) is 14.3. The number of aryl methyl sites for hydroxylation is 1. The van der Waals surface area contributed by atoms with E-state index in [0.717, 1.165) is 16.5 Å². The zero-order valence-corrected chi connectivity index (χ0v) is 17.8. The Morgan fingerprint density at radius 3 is 2.63 bits per heavy atom. The zero-order valence-electron chi connectivity index (χ0n) is 17.0. The predicted octanol–water partition coefficient (Wildman–Crippen LogP) is 5.32. The average Bonchev–Trinajstić information content (AvgIpc) is 2.97. The van der Waals surface area contributed by atoms with Crippen LogP contribution >= 0.6 is 11.6 Å². The number of benzene rings is 2. The maximum absolute atomic E-state index is 12.1. The van der Waals surface area contributed by atoms with Crippen LogP contribution in [0, 0.1) is 6.92 Å². The second kappa shape index (κ2) is 9.09. The van der Waals surface area contributed by atoms with Crippen LogP contribution in [0.5, 0.6) is 5.88 Å². The Morgan fingerprint density at radius 1 is 1.20 bits per heavy atom. The van der Waals surface area contributed by atoms with Gasteiger partial charge in [0.2, 0.25) is 5.88 Å². The third-order valence-electron chi connectivity index (χ3n) is 4.63. The molecule has 0 unspecified atom stereocenters. The Morgan fingerprint density at radius 2 is 1.93 bits per heavy atom. The first-order valence-electron chi connectivity index (χ1n) is 9.60. The van der Waals surface area contributed by atoms with Crippen molar-refractivity contribution in [2.24, 2.45) is 10.2 Å². The standard InChI is InChI=1S/C22H23ClN4O3/c1-13(2)27-18-9-8-14(3)12-16(18)20(22(27)30)26-25-19(28)10-11-24-21(29)15-6-4-5-7-17(15)23/h4-9,12-13,30H,10-11H2,1-3H3,(H,24,29). The Bertz CT molecular complexity index is 1130. The fourth-order valence-corrected chi connectivity index (χ4v) is 3.42. The smallest absolute Gasteiger partial charge is 0.266 e. The molecule has 2 amide bonds. The van der Waals surface area contributed by atoms with Gasteiger partial charge in [0.05, 0.1) is 16.1 Å². The highest BCUT2D eigenvalue weighted by molar-refractivity contribution is 6.33. The number of fused-ring (bicyclic) bond motifs is 1. The van der Waals surface area contributed by atoms with Gasteiger partial charge in [0, 0.05) is 24.4 Å². The van der Waals surface area contributed by atoms with Crippen LogP contribution in [0.2, 0.25) is 5.02 Å². The van der Waals surface area contributed by atoms with Gasteiger partial charge in [-0.3, -0.25) is 9.59 Å². The molecule has 0 saturated heterocycles. The first-order valence-corrected chi connectivity index (χ1v) is 9.98. The molecule has 1 aromatic heterocycles. The Labute approximate surface area is 179 Å². The third kappa shape index (κ3) is 4.52. The van der Waals surface area contributed by atoms with Crippen LogP contribution in [0.4, 0.5) is 5.69 Å². The molecular weight excluding hydrogens is 404 g/mol. The van der Waals surface area contributed by atoms with E-state index in [1.54, 1.807) is 28.8 Å². The molecule has 0 saturated carbocycles. The van der Waals surface area contributed by atoms with E-state index in [1.807, 2.05) is 39.0 Å². The number of rotatable bonds is 6. The summed E-state index contributed by atoms with van der Waals surface area (Å²) < 4.78 is 1.75. The van der Waals surface area contributed by atoms with E-state index in [9.17, 15) is 14.7 Å². The molecule has 2 N–H and O–H groups in total. The fraction of sp³-hybridized carbons (Fsp3) is 0.273. The van der Waals surface area contributed by atoms with Crippen molar-refractivity contribution >= 4 is 40.0 Å². The predicted molar refractivity (Wildman–Crippen MR) is 117 cm³/mol. The lowest BCUT2D eigenvalue weighted by Crippen LogP contribution is -2.25. The molecule has 0 spiro atoms. The van der Waals surface area contributed by atoms with E-state index in [4.69, 9.17) is 11.6 Å². The monoisotopic (exact) mass is 426 g/mol. The highest BCUT2D eigenvalue weighted by Crippen LogP contribution is 2.41. The summed E-state index contributed by atoms with van der Waals surface area (Å²) in [5.74, 6) is -0.903. The molecule has 0 aliphatic rings. The van der Waals surface area contributed by atoms with Gasteiger partial charge in [-0.1, -0.05) is 35.4 Å². The quantitative estimate of drug-likeness (QED) is 0.522. The van der Waals surface area contributed by atoms with Crippen molar-refractivity contribution < 1.29 is 14.7 Å². The Balaban J connectivity index is 1.70. The molecule has 156 valence electrons. The fourth-order valence-electron chi connectivity index (χ4n) is 3.20. The van der Waals surface area contributed by atoms with Crippen molar-refractivity contribution in [2.75, 3.05) is 6.54 Å². The molecule has 3 rings (SSSR count). The molecule has 7 nitrogen and oxygen atoms in total. The van der Waals surface area contributed by atoms with E-state index < -0.39 is 5.91 Å². The van der Waals surface area contributed by atoms with Crippen molar-refractivity contribution in [3.05, 3.63) is 58.6 Å². The second-order valence-corrected chi connectivity index (χ2v) is 7.64. The number of hydrogen-bond acceptors (Lipinski definition) is 4. The average molecular weight is 427 g/mol. The summed E-state index contributed by atoms with van der Waals surface area (Å²) in [7, 11) is 0.